The first-order valence-electron chi connectivity index (χ1n) is 10.7. The number of aliphatic hydroxyl groups is 1. The van der Waals surface area contributed by atoms with Gasteiger partial charge in [-0.1, -0.05) is 66.7 Å². The molecule has 0 saturated carbocycles. The lowest BCUT2D eigenvalue weighted by Crippen LogP contribution is -2.00. The molecule has 0 spiro atoms. The number of benzene rings is 4. The lowest BCUT2D eigenvalue weighted by atomic mass is 9.96. The van der Waals surface area contributed by atoms with Gasteiger partial charge in [-0.25, -0.2) is 13.2 Å². The predicted molar refractivity (Wildman–Crippen MR) is 123 cm³/mol. The Labute approximate surface area is 195 Å². The van der Waals surface area contributed by atoms with Gasteiger partial charge in [-0.05, 0) is 46.7 Å². The van der Waals surface area contributed by atoms with Crippen molar-refractivity contribution in [1.82, 2.24) is 0 Å². The molecule has 0 aliphatic carbocycles. The summed E-state index contributed by atoms with van der Waals surface area (Å²) in [6.07, 6.45) is 0.724. The molecule has 0 amide bonds. The molecular weight excluding hydrogens is 444 g/mol. The molecule has 0 aromatic heterocycles. The van der Waals surface area contributed by atoms with E-state index in [0.717, 1.165) is 5.56 Å². The number of hydrogen-bond donors (Lipinski definition) is 1. The molecule has 0 unspecified atom stereocenters. The molecule has 0 saturated heterocycles. The van der Waals surface area contributed by atoms with Crippen LogP contribution in [0.15, 0.2) is 72.8 Å². The number of aryl methyl sites for hydroxylation is 2. The van der Waals surface area contributed by atoms with Crippen LogP contribution in [0.25, 0.3) is 22.3 Å². The number of aliphatic hydroxyl groups excluding tert-OH is 1. The van der Waals surface area contributed by atoms with E-state index in [9.17, 15) is 17.6 Å². The van der Waals surface area contributed by atoms with E-state index < -0.39 is 23.3 Å². The minimum atomic E-state index is -1.01. The van der Waals surface area contributed by atoms with Crippen molar-refractivity contribution in [3.63, 3.8) is 0 Å². The molecule has 1 N–H and O–H groups in total. The Bertz CT molecular complexity index is 1300. The lowest BCUT2D eigenvalue weighted by molar-refractivity contribution is 0.282. The average Bonchev–Trinajstić information content (AvgIpc) is 2.87. The lowest BCUT2D eigenvalue weighted by Gasteiger charge is -2.11. The van der Waals surface area contributed by atoms with E-state index in [1.807, 2.05) is 0 Å². The predicted octanol–water partition coefficient (Wildman–Crippen LogP) is 6.86. The number of hydrogen-bond acceptors (Lipinski definition) is 2. The van der Waals surface area contributed by atoms with Crippen LogP contribution >= 0.6 is 0 Å². The smallest absolute Gasteiger partial charge is 0.200 e. The molecule has 4 aromatic carbocycles. The Hall–Kier alpha value is -3.64. The summed E-state index contributed by atoms with van der Waals surface area (Å²) < 4.78 is 62.6. The van der Waals surface area contributed by atoms with Gasteiger partial charge in [0.15, 0.2) is 23.2 Å². The maximum absolute atomic E-state index is 14.9. The van der Waals surface area contributed by atoms with Crippen molar-refractivity contribution in [3.8, 4) is 28.0 Å². The van der Waals surface area contributed by atoms with E-state index in [2.05, 4.69) is 0 Å². The standard InChI is InChI=1S/C28H22F4O2/c1-34-24-15-12-21(25(29)28(24)32)11-4-17-2-7-19(8-3-17)22-13-14-23(27(31)26(22)30)20-9-5-18(16-33)6-10-20/h2-3,5-10,12-15,33H,4,11,16H2,1H3. The van der Waals surface area contributed by atoms with Crippen LogP contribution in [-0.4, -0.2) is 12.2 Å². The van der Waals surface area contributed by atoms with Crippen molar-refractivity contribution in [2.24, 2.45) is 0 Å². The molecule has 4 rings (SSSR count). The van der Waals surface area contributed by atoms with Crippen molar-refractivity contribution in [2.45, 2.75) is 19.4 Å². The molecule has 2 nitrogen and oxygen atoms in total. The fourth-order valence-corrected chi connectivity index (χ4v) is 3.84. The molecule has 174 valence electrons. The van der Waals surface area contributed by atoms with Gasteiger partial charge in [0.2, 0.25) is 5.82 Å². The van der Waals surface area contributed by atoms with Gasteiger partial charge >= 0.3 is 0 Å². The van der Waals surface area contributed by atoms with E-state index in [1.165, 1.54) is 31.4 Å². The van der Waals surface area contributed by atoms with E-state index in [4.69, 9.17) is 9.84 Å². The van der Waals surface area contributed by atoms with Crippen molar-refractivity contribution in [1.29, 1.82) is 0 Å². The Balaban J connectivity index is 1.51. The molecule has 0 radical (unpaired) electrons. The Kier molecular flexibility index (Phi) is 6.98. The summed E-state index contributed by atoms with van der Waals surface area (Å²) in [7, 11) is 1.27. The first-order chi connectivity index (χ1) is 16.4. The van der Waals surface area contributed by atoms with Gasteiger partial charge in [0.1, 0.15) is 0 Å². The third-order valence-corrected chi connectivity index (χ3v) is 5.82. The maximum atomic E-state index is 14.9. The van der Waals surface area contributed by atoms with Crippen molar-refractivity contribution >= 4 is 0 Å². The van der Waals surface area contributed by atoms with Gasteiger partial charge in [0.05, 0.1) is 13.7 Å². The van der Waals surface area contributed by atoms with Crippen molar-refractivity contribution < 1.29 is 27.4 Å². The molecular formula is C28H22F4O2. The SMILES string of the molecule is COc1ccc(CCc2ccc(-c3ccc(-c4ccc(CO)cc4)c(F)c3F)cc2)c(F)c1F. The third kappa shape index (κ3) is 4.68. The second-order valence-corrected chi connectivity index (χ2v) is 7.90. The summed E-state index contributed by atoms with van der Waals surface area (Å²) in [5.74, 6) is -3.99. The minimum absolute atomic E-state index is 0.127. The molecule has 34 heavy (non-hydrogen) atoms. The van der Waals surface area contributed by atoms with Gasteiger partial charge in [-0.2, -0.15) is 4.39 Å². The summed E-state index contributed by atoms with van der Waals surface area (Å²) in [4.78, 5) is 0. The molecule has 0 atom stereocenters. The zero-order valence-electron chi connectivity index (χ0n) is 18.4. The topological polar surface area (TPSA) is 29.5 Å². The average molecular weight is 466 g/mol. The largest absolute Gasteiger partial charge is 0.494 e. The monoisotopic (exact) mass is 466 g/mol. The molecule has 0 aliphatic rings. The molecule has 0 fully saturated rings. The highest BCUT2D eigenvalue weighted by Gasteiger charge is 2.17. The highest BCUT2D eigenvalue weighted by atomic mass is 19.2. The molecule has 0 aliphatic heterocycles. The summed E-state index contributed by atoms with van der Waals surface area (Å²) in [5.41, 5.74) is 3.04. The van der Waals surface area contributed by atoms with Crippen molar-refractivity contribution in [2.75, 3.05) is 7.11 Å². The second-order valence-electron chi connectivity index (χ2n) is 7.90. The summed E-state index contributed by atoms with van der Waals surface area (Å²) in [6.45, 7) is -0.127. The number of rotatable bonds is 7. The number of methoxy groups -OCH3 is 1. The second kappa shape index (κ2) is 10.1. The molecule has 0 heterocycles. The zero-order valence-corrected chi connectivity index (χ0v) is 18.4. The Morgan fingerprint density at radius 1 is 0.588 bits per heavy atom. The Morgan fingerprint density at radius 3 is 1.62 bits per heavy atom. The van der Waals surface area contributed by atoms with Gasteiger partial charge in [0.25, 0.3) is 0 Å². The Morgan fingerprint density at radius 2 is 1.12 bits per heavy atom. The van der Waals surface area contributed by atoms with Gasteiger partial charge in [-0.3, -0.25) is 0 Å². The van der Waals surface area contributed by atoms with Crippen LogP contribution in [0.5, 0.6) is 5.75 Å². The van der Waals surface area contributed by atoms with Gasteiger partial charge in [-0.15, -0.1) is 0 Å². The van der Waals surface area contributed by atoms with Crippen LogP contribution in [0.3, 0.4) is 0 Å². The van der Waals surface area contributed by atoms with Crippen LogP contribution in [0, 0.1) is 23.3 Å². The summed E-state index contributed by atoms with van der Waals surface area (Å²) in [5, 5.41) is 9.14. The molecule has 4 aromatic rings. The fourth-order valence-electron chi connectivity index (χ4n) is 3.84. The van der Waals surface area contributed by atoms with E-state index in [-0.39, 0.29) is 35.5 Å². The van der Waals surface area contributed by atoms with Crippen LogP contribution in [0.4, 0.5) is 17.6 Å². The van der Waals surface area contributed by atoms with E-state index in [0.29, 0.717) is 23.1 Å². The third-order valence-electron chi connectivity index (χ3n) is 5.82. The normalized spacial score (nSPS) is 11.0. The van der Waals surface area contributed by atoms with Crippen LogP contribution < -0.4 is 4.74 Å². The van der Waals surface area contributed by atoms with E-state index >= 15 is 0 Å². The van der Waals surface area contributed by atoms with Crippen LogP contribution in [-0.2, 0) is 19.4 Å². The van der Waals surface area contributed by atoms with E-state index in [1.54, 1.807) is 48.5 Å². The quantitative estimate of drug-likeness (QED) is 0.302. The van der Waals surface area contributed by atoms with Gasteiger partial charge in [0, 0.05) is 11.1 Å². The molecule has 6 heteroatoms. The fraction of sp³-hybridized carbons (Fsp3) is 0.143. The first kappa shape index (κ1) is 23.5. The highest BCUT2D eigenvalue weighted by molar-refractivity contribution is 5.72. The summed E-state index contributed by atoms with van der Waals surface area (Å²) >= 11 is 0. The van der Waals surface area contributed by atoms with Crippen LogP contribution in [0.1, 0.15) is 16.7 Å². The zero-order chi connectivity index (χ0) is 24.2. The number of halogens is 4. The first-order valence-corrected chi connectivity index (χ1v) is 10.7. The maximum Gasteiger partial charge on any atom is 0.200 e. The van der Waals surface area contributed by atoms with Crippen molar-refractivity contribution in [3.05, 3.63) is 113 Å². The summed E-state index contributed by atoms with van der Waals surface area (Å²) in [6, 6.07) is 19.4. The highest BCUT2D eigenvalue weighted by Crippen LogP contribution is 2.32. The minimum Gasteiger partial charge on any atom is -0.494 e. The van der Waals surface area contributed by atoms with Crippen LogP contribution in [0.2, 0.25) is 0 Å². The molecule has 0 bridgehead atoms. The number of ether oxygens (including phenoxy) is 1. The van der Waals surface area contributed by atoms with Gasteiger partial charge < -0.3 is 9.84 Å².